The Kier molecular flexibility index (Phi) is 6.05. The van der Waals surface area contributed by atoms with Gasteiger partial charge in [0.1, 0.15) is 16.6 Å². The molecule has 0 heterocycles. The van der Waals surface area contributed by atoms with Crippen LogP contribution in [-0.4, -0.2) is 18.9 Å². The average Bonchev–Trinajstić information content (AvgIpc) is 3.55. The van der Waals surface area contributed by atoms with Crippen LogP contribution in [0.15, 0.2) is 70.5 Å². The third-order valence-electron chi connectivity index (χ3n) is 4.80. The first kappa shape index (κ1) is 20.0. The van der Waals surface area contributed by atoms with Crippen molar-refractivity contribution in [2.75, 3.05) is 7.11 Å². The van der Waals surface area contributed by atoms with Crippen LogP contribution < -0.4 is 11.1 Å². The summed E-state index contributed by atoms with van der Waals surface area (Å²) < 4.78 is 4.84. The minimum atomic E-state index is -0.609. The Labute approximate surface area is 169 Å². The summed E-state index contributed by atoms with van der Waals surface area (Å²) in [5.74, 6) is -0.196. The zero-order valence-electron chi connectivity index (χ0n) is 16.0. The minimum Gasteiger partial charge on any atom is -0.464 e. The van der Waals surface area contributed by atoms with Crippen LogP contribution in [0.2, 0.25) is 0 Å². The number of nitrogens with two attached hydrogens (primary N) is 1. The lowest BCUT2D eigenvalue weighted by Crippen LogP contribution is -2.27. The molecule has 0 aromatic heterocycles. The van der Waals surface area contributed by atoms with E-state index in [0.29, 0.717) is 5.92 Å². The van der Waals surface area contributed by atoms with Crippen molar-refractivity contribution in [3.05, 3.63) is 71.0 Å². The van der Waals surface area contributed by atoms with Crippen LogP contribution in [0.1, 0.15) is 31.4 Å². The quantitative estimate of drug-likeness (QED) is 0.314. The van der Waals surface area contributed by atoms with E-state index in [4.69, 9.17) is 22.1 Å². The van der Waals surface area contributed by atoms with E-state index in [1.54, 1.807) is 0 Å². The first-order valence-corrected chi connectivity index (χ1v) is 9.55. The lowest BCUT2D eigenvalue weighted by atomic mass is 10.00. The molecule has 2 aromatic carbocycles. The molecule has 1 aliphatic rings. The summed E-state index contributed by atoms with van der Waals surface area (Å²) >= 11 is 6.41. The summed E-state index contributed by atoms with van der Waals surface area (Å²) in [4.78, 5) is 16.7. The Hall–Kier alpha value is -2.79. The smallest absolute Gasteiger partial charge is 0.356 e. The van der Waals surface area contributed by atoms with Crippen LogP contribution in [0, 0.1) is 5.92 Å². The molecule has 146 valence electrons. The summed E-state index contributed by atoms with van der Waals surface area (Å²) in [5.41, 5.74) is 7.96. The van der Waals surface area contributed by atoms with Crippen LogP contribution in [0.3, 0.4) is 0 Å². The Morgan fingerprint density at radius 3 is 2.64 bits per heavy atom. The van der Waals surface area contributed by atoms with Gasteiger partial charge in [-0.3, -0.25) is 4.99 Å². The van der Waals surface area contributed by atoms with Gasteiger partial charge in [-0.2, -0.15) is 0 Å². The molecule has 28 heavy (non-hydrogen) atoms. The van der Waals surface area contributed by atoms with Gasteiger partial charge in [-0.1, -0.05) is 60.6 Å². The number of ether oxygens (including phenoxy) is 1. The largest absolute Gasteiger partial charge is 0.464 e. The number of rotatable bonds is 7. The predicted molar refractivity (Wildman–Crippen MR) is 114 cm³/mol. The van der Waals surface area contributed by atoms with Gasteiger partial charge in [0, 0.05) is 5.70 Å². The monoisotopic (exact) mass is 397 g/mol. The number of nitrogens with zero attached hydrogens (tertiary/aromatic N) is 1. The zero-order valence-corrected chi connectivity index (χ0v) is 16.8. The molecule has 2 aromatic rings. The number of hydrogen-bond donors (Lipinski definition) is 2. The Balaban J connectivity index is 1.93. The van der Waals surface area contributed by atoms with E-state index in [9.17, 15) is 4.79 Å². The van der Waals surface area contributed by atoms with E-state index < -0.39 is 5.97 Å². The zero-order chi connectivity index (χ0) is 20.3. The number of fused-ring (bicyclic) bond motifs is 1. The lowest BCUT2D eigenvalue weighted by molar-refractivity contribution is -0.136. The minimum absolute atomic E-state index is 0.0285. The van der Waals surface area contributed by atoms with Crippen LogP contribution in [0.4, 0.5) is 0 Å². The highest BCUT2D eigenvalue weighted by molar-refractivity contribution is 6.44. The number of benzene rings is 2. The van der Waals surface area contributed by atoms with Crippen LogP contribution >= 0.6 is 11.6 Å². The molecule has 0 spiro atoms. The number of amidine groups is 1. The van der Waals surface area contributed by atoms with Crippen LogP contribution in [0.5, 0.6) is 0 Å². The normalized spacial score (nSPS) is 16.3. The molecule has 1 saturated carbocycles. The standard InChI is InChI=1S/C22H24ClN3O2/c1-13(15-11-12-15)25-20(22(27)28-3)19(23)21(24)26-14(2)17-10-6-8-16-7-4-5-9-18(16)17/h4-10,14-15,25H,1,11-12H2,2-3H3,(H2,24,26)/t14-/m1/s1. The summed E-state index contributed by atoms with van der Waals surface area (Å²) in [7, 11) is 1.29. The SMILES string of the molecule is C=C(NC(C(=O)OC)=C(Cl)C(N)=N[C@H](C)c1cccc2ccccc12)C1CC1. The molecule has 1 fully saturated rings. The van der Waals surface area contributed by atoms with E-state index >= 15 is 0 Å². The molecule has 0 bridgehead atoms. The fraction of sp³-hybridized carbons (Fsp3) is 0.273. The van der Waals surface area contributed by atoms with E-state index in [-0.39, 0.29) is 22.6 Å². The van der Waals surface area contributed by atoms with E-state index in [0.717, 1.165) is 34.9 Å². The van der Waals surface area contributed by atoms with E-state index in [2.05, 4.69) is 16.9 Å². The van der Waals surface area contributed by atoms with Gasteiger partial charge in [0.25, 0.3) is 0 Å². The van der Waals surface area contributed by atoms with Crippen molar-refractivity contribution >= 4 is 34.2 Å². The topological polar surface area (TPSA) is 76.7 Å². The maximum absolute atomic E-state index is 12.2. The van der Waals surface area contributed by atoms with Gasteiger partial charge in [0.05, 0.1) is 13.2 Å². The van der Waals surface area contributed by atoms with E-state index in [1.807, 2.05) is 49.4 Å². The van der Waals surface area contributed by atoms with Gasteiger partial charge >= 0.3 is 5.97 Å². The van der Waals surface area contributed by atoms with Crippen molar-refractivity contribution in [3.63, 3.8) is 0 Å². The van der Waals surface area contributed by atoms with Gasteiger partial charge in [-0.05, 0) is 42.0 Å². The molecule has 6 heteroatoms. The molecular weight excluding hydrogens is 374 g/mol. The second-order valence-electron chi connectivity index (χ2n) is 6.86. The molecule has 0 amide bonds. The molecule has 0 saturated heterocycles. The third-order valence-corrected chi connectivity index (χ3v) is 5.18. The summed E-state index contributed by atoms with van der Waals surface area (Å²) in [6.07, 6.45) is 2.08. The second kappa shape index (κ2) is 8.48. The summed E-state index contributed by atoms with van der Waals surface area (Å²) in [5, 5.41) is 5.22. The molecule has 0 unspecified atom stereocenters. The van der Waals surface area contributed by atoms with Gasteiger partial charge < -0.3 is 15.8 Å². The number of hydrogen-bond acceptors (Lipinski definition) is 4. The average molecular weight is 398 g/mol. The Bertz CT molecular complexity index is 971. The van der Waals surface area contributed by atoms with Crippen molar-refractivity contribution in [3.8, 4) is 0 Å². The third kappa shape index (κ3) is 4.37. The second-order valence-corrected chi connectivity index (χ2v) is 7.24. The number of esters is 1. The Morgan fingerprint density at radius 2 is 1.96 bits per heavy atom. The first-order valence-electron chi connectivity index (χ1n) is 9.17. The fourth-order valence-corrected chi connectivity index (χ4v) is 3.24. The number of nitrogens with one attached hydrogen (secondary N) is 1. The highest BCUT2D eigenvalue weighted by Gasteiger charge is 2.28. The highest BCUT2D eigenvalue weighted by Crippen LogP contribution is 2.35. The molecule has 3 N–H and O–H groups in total. The van der Waals surface area contributed by atoms with Crippen molar-refractivity contribution in [2.24, 2.45) is 16.6 Å². The number of carbonyl (C=O) groups is 1. The van der Waals surface area contributed by atoms with Crippen molar-refractivity contribution in [1.29, 1.82) is 0 Å². The number of aliphatic imine (C=N–C) groups is 1. The van der Waals surface area contributed by atoms with E-state index in [1.165, 1.54) is 7.11 Å². The highest BCUT2D eigenvalue weighted by atomic mass is 35.5. The summed E-state index contributed by atoms with van der Waals surface area (Å²) in [6.45, 7) is 5.90. The lowest BCUT2D eigenvalue weighted by Gasteiger charge is -2.15. The Morgan fingerprint density at radius 1 is 1.29 bits per heavy atom. The van der Waals surface area contributed by atoms with Gasteiger partial charge in [-0.25, -0.2) is 4.79 Å². The van der Waals surface area contributed by atoms with Crippen molar-refractivity contribution in [1.82, 2.24) is 5.32 Å². The van der Waals surface area contributed by atoms with Crippen molar-refractivity contribution in [2.45, 2.75) is 25.8 Å². The van der Waals surface area contributed by atoms with Crippen LogP contribution in [0.25, 0.3) is 10.8 Å². The maximum Gasteiger partial charge on any atom is 0.356 e. The number of methoxy groups -OCH3 is 1. The first-order chi connectivity index (χ1) is 13.4. The van der Waals surface area contributed by atoms with Crippen molar-refractivity contribution < 1.29 is 9.53 Å². The molecule has 5 nitrogen and oxygen atoms in total. The predicted octanol–water partition coefficient (Wildman–Crippen LogP) is 4.39. The molecule has 1 atom stereocenters. The number of allylic oxidation sites excluding steroid dienone is 1. The van der Waals surface area contributed by atoms with Gasteiger partial charge in [0.15, 0.2) is 0 Å². The number of carbonyl (C=O) groups excluding carboxylic acids is 1. The molecule has 0 aliphatic heterocycles. The summed E-state index contributed by atoms with van der Waals surface area (Å²) in [6, 6.07) is 13.9. The van der Waals surface area contributed by atoms with Crippen LogP contribution in [-0.2, 0) is 9.53 Å². The maximum atomic E-state index is 12.2. The fourth-order valence-electron chi connectivity index (χ4n) is 3.07. The molecular formula is C22H24ClN3O2. The molecule has 0 radical (unpaired) electrons. The molecule has 3 rings (SSSR count). The molecule has 1 aliphatic carbocycles. The number of halogens is 1. The van der Waals surface area contributed by atoms with Gasteiger partial charge in [-0.15, -0.1) is 0 Å². The van der Waals surface area contributed by atoms with Gasteiger partial charge in [0.2, 0.25) is 0 Å².